The molecule has 3 aromatic rings. The van der Waals surface area contributed by atoms with Gasteiger partial charge < -0.3 is 10.4 Å². The van der Waals surface area contributed by atoms with Gasteiger partial charge in [0.05, 0.1) is 0 Å². The second kappa shape index (κ2) is 9.89. The first-order valence-corrected chi connectivity index (χ1v) is 9.70. The summed E-state index contributed by atoms with van der Waals surface area (Å²) in [7, 11) is 0. The number of hydrogen-bond donors (Lipinski definition) is 2. The minimum absolute atomic E-state index is 0.247. The average molecular weight is 361 g/mol. The Morgan fingerprint density at radius 3 is 2.37 bits per heavy atom. The molecule has 0 amide bonds. The molecule has 27 heavy (non-hydrogen) atoms. The van der Waals surface area contributed by atoms with Crippen LogP contribution in [0.15, 0.2) is 72.8 Å². The van der Waals surface area contributed by atoms with Crippen LogP contribution in [0.1, 0.15) is 42.9 Å². The van der Waals surface area contributed by atoms with Gasteiger partial charge in [-0.1, -0.05) is 73.2 Å². The Hall–Kier alpha value is -2.65. The highest BCUT2D eigenvalue weighted by molar-refractivity contribution is 5.83. The molecule has 3 heteroatoms. The summed E-state index contributed by atoms with van der Waals surface area (Å²) in [5.74, 6) is -0.707. The number of fused-ring (bicyclic) bond motifs is 1. The van der Waals surface area contributed by atoms with Gasteiger partial charge >= 0.3 is 5.97 Å². The van der Waals surface area contributed by atoms with Crippen LogP contribution in [0.3, 0.4) is 0 Å². The van der Waals surface area contributed by atoms with Gasteiger partial charge in [0, 0.05) is 12.5 Å². The Balaban J connectivity index is 1.67. The number of aliphatic carboxylic acids is 1. The maximum Gasteiger partial charge on any atom is 0.303 e. The molecule has 140 valence electrons. The van der Waals surface area contributed by atoms with E-state index in [0.717, 1.165) is 32.2 Å². The van der Waals surface area contributed by atoms with E-state index < -0.39 is 5.97 Å². The number of carbonyl (C=O) groups is 1. The minimum Gasteiger partial charge on any atom is -0.481 e. The molecule has 1 unspecified atom stereocenters. The molecule has 0 saturated carbocycles. The van der Waals surface area contributed by atoms with E-state index in [1.165, 1.54) is 21.9 Å². The van der Waals surface area contributed by atoms with Crippen molar-refractivity contribution in [3.8, 4) is 0 Å². The predicted molar refractivity (Wildman–Crippen MR) is 111 cm³/mol. The van der Waals surface area contributed by atoms with Gasteiger partial charge in [-0.05, 0) is 53.8 Å². The molecule has 0 aliphatic carbocycles. The quantitative estimate of drug-likeness (QED) is 0.478. The van der Waals surface area contributed by atoms with Crippen molar-refractivity contribution in [2.45, 2.75) is 38.1 Å². The number of hydrogen-bond acceptors (Lipinski definition) is 2. The molecule has 0 heterocycles. The van der Waals surface area contributed by atoms with Crippen LogP contribution >= 0.6 is 0 Å². The van der Waals surface area contributed by atoms with E-state index in [1.54, 1.807) is 0 Å². The van der Waals surface area contributed by atoms with Crippen LogP contribution in [0.4, 0.5) is 0 Å². The Morgan fingerprint density at radius 2 is 1.59 bits per heavy atom. The van der Waals surface area contributed by atoms with Crippen LogP contribution in [-0.4, -0.2) is 17.6 Å². The molecule has 0 aliphatic rings. The van der Waals surface area contributed by atoms with E-state index in [2.05, 4.69) is 72.0 Å². The number of carboxylic acids is 1. The number of rotatable bonds is 10. The lowest BCUT2D eigenvalue weighted by Crippen LogP contribution is -2.24. The third-order valence-corrected chi connectivity index (χ3v) is 4.92. The Labute approximate surface area is 161 Å². The van der Waals surface area contributed by atoms with Crippen molar-refractivity contribution < 1.29 is 9.90 Å². The Bertz CT molecular complexity index is 860. The van der Waals surface area contributed by atoms with Crippen LogP contribution in [0.2, 0.25) is 0 Å². The largest absolute Gasteiger partial charge is 0.481 e. The molecule has 3 aromatic carbocycles. The van der Waals surface area contributed by atoms with E-state index in [4.69, 9.17) is 5.11 Å². The molecule has 0 bridgehead atoms. The van der Waals surface area contributed by atoms with E-state index >= 15 is 0 Å². The van der Waals surface area contributed by atoms with Crippen molar-refractivity contribution in [2.75, 3.05) is 6.54 Å². The van der Waals surface area contributed by atoms with Crippen LogP contribution < -0.4 is 5.32 Å². The SMILES string of the molecule is O=C(O)CCCCCNC(Cc1ccccc1)c1ccc2ccccc2c1. The Morgan fingerprint density at radius 1 is 0.852 bits per heavy atom. The molecule has 0 spiro atoms. The smallest absolute Gasteiger partial charge is 0.303 e. The van der Waals surface area contributed by atoms with Crippen molar-refractivity contribution in [1.82, 2.24) is 5.32 Å². The summed E-state index contributed by atoms with van der Waals surface area (Å²) in [4.78, 5) is 10.6. The first kappa shape index (κ1) is 19.1. The van der Waals surface area contributed by atoms with Crippen molar-refractivity contribution >= 4 is 16.7 Å². The predicted octanol–water partition coefficient (Wildman–Crippen LogP) is 5.36. The topological polar surface area (TPSA) is 49.3 Å². The fourth-order valence-electron chi connectivity index (χ4n) is 3.44. The molecule has 0 aromatic heterocycles. The van der Waals surface area contributed by atoms with E-state index in [9.17, 15) is 4.79 Å². The van der Waals surface area contributed by atoms with E-state index in [0.29, 0.717) is 0 Å². The van der Waals surface area contributed by atoms with Crippen LogP contribution in [0.5, 0.6) is 0 Å². The third kappa shape index (κ3) is 5.93. The van der Waals surface area contributed by atoms with Gasteiger partial charge in [-0.3, -0.25) is 4.79 Å². The molecule has 1 atom stereocenters. The van der Waals surface area contributed by atoms with Gasteiger partial charge in [-0.15, -0.1) is 0 Å². The monoisotopic (exact) mass is 361 g/mol. The zero-order chi connectivity index (χ0) is 18.9. The molecular formula is C24H27NO2. The minimum atomic E-state index is -0.707. The number of carboxylic acid groups (broad SMARTS) is 1. The normalized spacial score (nSPS) is 12.1. The summed E-state index contributed by atoms with van der Waals surface area (Å²) in [6.45, 7) is 0.893. The molecular weight excluding hydrogens is 334 g/mol. The van der Waals surface area contributed by atoms with Gasteiger partial charge in [-0.2, -0.15) is 0 Å². The van der Waals surface area contributed by atoms with Gasteiger partial charge in [0.1, 0.15) is 0 Å². The highest BCUT2D eigenvalue weighted by Gasteiger charge is 2.12. The van der Waals surface area contributed by atoms with Gasteiger partial charge in [-0.25, -0.2) is 0 Å². The summed E-state index contributed by atoms with van der Waals surface area (Å²) < 4.78 is 0. The van der Waals surface area contributed by atoms with Crippen molar-refractivity contribution in [3.05, 3.63) is 83.9 Å². The second-order valence-electron chi connectivity index (χ2n) is 7.01. The maximum absolute atomic E-state index is 10.6. The molecule has 3 nitrogen and oxygen atoms in total. The van der Waals surface area contributed by atoms with Crippen molar-refractivity contribution in [1.29, 1.82) is 0 Å². The first-order valence-electron chi connectivity index (χ1n) is 9.70. The zero-order valence-corrected chi connectivity index (χ0v) is 15.6. The fraction of sp³-hybridized carbons (Fsp3) is 0.292. The summed E-state index contributed by atoms with van der Waals surface area (Å²) in [6.07, 6.45) is 3.88. The number of unbranched alkanes of at least 4 members (excludes halogenated alkanes) is 2. The molecule has 0 aliphatic heterocycles. The van der Waals surface area contributed by atoms with Crippen molar-refractivity contribution in [3.63, 3.8) is 0 Å². The highest BCUT2D eigenvalue weighted by atomic mass is 16.4. The van der Waals surface area contributed by atoms with Gasteiger partial charge in [0.15, 0.2) is 0 Å². The van der Waals surface area contributed by atoms with E-state index in [1.807, 2.05) is 6.07 Å². The number of benzene rings is 3. The van der Waals surface area contributed by atoms with Gasteiger partial charge in [0.25, 0.3) is 0 Å². The lowest BCUT2D eigenvalue weighted by atomic mass is 9.96. The zero-order valence-electron chi connectivity index (χ0n) is 15.6. The summed E-state index contributed by atoms with van der Waals surface area (Å²) >= 11 is 0. The number of nitrogens with one attached hydrogen (secondary N) is 1. The van der Waals surface area contributed by atoms with E-state index in [-0.39, 0.29) is 12.5 Å². The van der Waals surface area contributed by atoms with Gasteiger partial charge in [0.2, 0.25) is 0 Å². The lowest BCUT2D eigenvalue weighted by Gasteiger charge is -2.20. The van der Waals surface area contributed by atoms with Crippen LogP contribution in [-0.2, 0) is 11.2 Å². The molecule has 0 radical (unpaired) electrons. The van der Waals surface area contributed by atoms with Crippen LogP contribution in [0, 0.1) is 0 Å². The molecule has 0 saturated heterocycles. The standard InChI is InChI=1S/C24H27NO2/c26-24(27)13-5-2-8-16-25-23(17-19-9-3-1-4-10-19)22-15-14-20-11-6-7-12-21(20)18-22/h1,3-4,6-7,9-12,14-15,18,23,25H,2,5,8,13,16-17H2,(H,26,27). The molecule has 0 fully saturated rings. The fourth-order valence-corrected chi connectivity index (χ4v) is 3.44. The Kier molecular flexibility index (Phi) is 7.00. The molecule has 2 N–H and O–H groups in total. The lowest BCUT2D eigenvalue weighted by molar-refractivity contribution is -0.137. The maximum atomic E-state index is 10.6. The summed E-state index contributed by atoms with van der Waals surface area (Å²) in [6, 6.07) is 25.9. The third-order valence-electron chi connectivity index (χ3n) is 4.92. The average Bonchev–Trinajstić information content (AvgIpc) is 2.70. The molecule has 3 rings (SSSR count). The first-order chi connectivity index (χ1) is 13.2. The summed E-state index contributed by atoms with van der Waals surface area (Å²) in [5.41, 5.74) is 2.61. The second-order valence-corrected chi connectivity index (χ2v) is 7.01. The summed E-state index contributed by atoms with van der Waals surface area (Å²) in [5, 5.41) is 15.0. The van der Waals surface area contributed by atoms with Crippen LogP contribution in [0.25, 0.3) is 10.8 Å². The van der Waals surface area contributed by atoms with Crippen molar-refractivity contribution in [2.24, 2.45) is 0 Å². The highest BCUT2D eigenvalue weighted by Crippen LogP contribution is 2.23.